The molecule has 1 rings (SSSR count). The van der Waals surface area contributed by atoms with Crippen LogP contribution in [-0.4, -0.2) is 30.2 Å². The molecule has 0 saturated carbocycles. The van der Waals surface area contributed by atoms with Crippen LogP contribution in [-0.2, 0) is 4.79 Å². The molecule has 3 N–H and O–H groups in total. The summed E-state index contributed by atoms with van der Waals surface area (Å²) in [5, 5.41) is 21.7. The molecule has 0 saturated heterocycles. The summed E-state index contributed by atoms with van der Waals surface area (Å²) in [7, 11) is -2.30. The van der Waals surface area contributed by atoms with Crippen LogP contribution in [0.5, 0.6) is 0 Å². The largest absolute Gasteiger partial charge is 0.480 e. The van der Waals surface area contributed by atoms with E-state index in [1.165, 1.54) is 0 Å². The summed E-state index contributed by atoms with van der Waals surface area (Å²) in [5.41, 5.74) is 1.65. The number of carbonyl (C=O) groups is 1. The predicted molar refractivity (Wildman–Crippen MR) is 104 cm³/mol. The van der Waals surface area contributed by atoms with Gasteiger partial charge in [-0.05, 0) is 55.6 Å². The zero-order valence-corrected chi connectivity index (χ0v) is 17.2. The van der Waals surface area contributed by atoms with E-state index in [4.69, 9.17) is 16.9 Å². The third-order valence-electron chi connectivity index (χ3n) is 5.09. The number of hydrogen-bond acceptors (Lipinski definition) is 4. The van der Waals surface area contributed by atoms with Crippen molar-refractivity contribution in [1.29, 1.82) is 5.26 Å². The van der Waals surface area contributed by atoms with Crippen LogP contribution in [0.15, 0.2) is 12.1 Å². The molecular weight excluding hydrogens is 356 g/mol. The quantitative estimate of drug-likeness (QED) is 0.574. The molecule has 1 atom stereocenters. The van der Waals surface area contributed by atoms with Gasteiger partial charge < -0.3 is 15.2 Å². The van der Waals surface area contributed by atoms with Crippen molar-refractivity contribution in [3.05, 3.63) is 28.3 Å². The zero-order chi connectivity index (χ0) is 19.4. The standard InChI is InChI=1S/C18H27ClN2O3Si/c1-12-14(9-8-13(11-20)16(12)19)21-15(17(22)23)7-6-10-18(2,3)25(4,5)24/h8-9,15,21,24H,6-7,10H2,1-5H3,(H,22,23)/t15-/m1/s1. The van der Waals surface area contributed by atoms with Crippen molar-refractivity contribution in [3.63, 3.8) is 0 Å². The van der Waals surface area contributed by atoms with Gasteiger partial charge in [-0.1, -0.05) is 31.9 Å². The lowest BCUT2D eigenvalue weighted by molar-refractivity contribution is -0.138. The minimum absolute atomic E-state index is 0.177. The minimum atomic E-state index is -2.30. The molecule has 0 aliphatic rings. The molecule has 0 radical (unpaired) electrons. The van der Waals surface area contributed by atoms with Crippen molar-refractivity contribution in [2.75, 3.05) is 5.32 Å². The van der Waals surface area contributed by atoms with E-state index in [2.05, 4.69) is 5.32 Å². The molecule has 0 bridgehead atoms. The maximum Gasteiger partial charge on any atom is 0.326 e. The van der Waals surface area contributed by atoms with Gasteiger partial charge in [0.25, 0.3) is 0 Å². The normalized spacial score (nSPS) is 13.2. The molecule has 0 spiro atoms. The fraction of sp³-hybridized carbons (Fsp3) is 0.556. The summed E-state index contributed by atoms with van der Waals surface area (Å²) < 4.78 is 0. The van der Waals surface area contributed by atoms with Crippen LogP contribution in [0.3, 0.4) is 0 Å². The van der Waals surface area contributed by atoms with Crippen LogP contribution >= 0.6 is 11.6 Å². The molecule has 0 aliphatic carbocycles. The van der Waals surface area contributed by atoms with Crippen LogP contribution in [0, 0.1) is 18.3 Å². The molecule has 25 heavy (non-hydrogen) atoms. The van der Waals surface area contributed by atoms with Gasteiger partial charge in [0.05, 0.1) is 10.6 Å². The number of nitrogens with zero attached hydrogens (tertiary/aromatic N) is 1. The predicted octanol–water partition coefficient (Wildman–Crippen LogP) is 4.53. The van der Waals surface area contributed by atoms with Crippen molar-refractivity contribution in [2.45, 2.75) is 64.2 Å². The SMILES string of the molecule is Cc1c(N[C@H](CCCC(C)(C)[Si](C)(C)O)C(=O)O)ccc(C#N)c1Cl. The number of aliphatic carboxylic acids is 1. The average Bonchev–Trinajstić information content (AvgIpc) is 2.49. The third kappa shape index (κ3) is 5.46. The van der Waals surface area contributed by atoms with E-state index >= 15 is 0 Å². The van der Waals surface area contributed by atoms with E-state index in [9.17, 15) is 14.7 Å². The van der Waals surface area contributed by atoms with Gasteiger partial charge in [0, 0.05) is 5.69 Å². The molecule has 138 valence electrons. The fourth-order valence-electron chi connectivity index (χ4n) is 2.43. The number of hydrogen-bond donors (Lipinski definition) is 3. The number of rotatable bonds is 8. The van der Waals surface area contributed by atoms with Gasteiger partial charge in [-0.25, -0.2) is 4.79 Å². The van der Waals surface area contributed by atoms with Gasteiger partial charge in [0.1, 0.15) is 12.1 Å². The molecule has 0 heterocycles. The maximum absolute atomic E-state index is 11.6. The average molecular weight is 383 g/mol. The molecule has 1 aromatic rings. The number of nitrogens with one attached hydrogen (secondary N) is 1. The van der Waals surface area contributed by atoms with Crippen molar-refractivity contribution in [3.8, 4) is 6.07 Å². The molecular formula is C18H27ClN2O3Si. The fourth-order valence-corrected chi connectivity index (χ4v) is 3.42. The highest BCUT2D eigenvalue weighted by atomic mass is 35.5. The number of nitriles is 1. The van der Waals surface area contributed by atoms with E-state index in [0.717, 1.165) is 6.42 Å². The molecule has 0 amide bonds. The van der Waals surface area contributed by atoms with Gasteiger partial charge in [-0.3, -0.25) is 0 Å². The summed E-state index contributed by atoms with van der Waals surface area (Å²) in [6.45, 7) is 9.64. The van der Waals surface area contributed by atoms with E-state index in [1.807, 2.05) is 33.0 Å². The van der Waals surface area contributed by atoms with Gasteiger partial charge >= 0.3 is 5.97 Å². The van der Waals surface area contributed by atoms with Crippen molar-refractivity contribution < 1.29 is 14.7 Å². The Hall–Kier alpha value is -1.55. The Morgan fingerprint density at radius 1 is 1.44 bits per heavy atom. The molecule has 0 unspecified atom stereocenters. The zero-order valence-electron chi connectivity index (χ0n) is 15.5. The van der Waals surface area contributed by atoms with Gasteiger partial charge in [-0.15, -0.1) is 0 Å². The molecule has 0 aliphatic heterocycles. The van der Waals surface area contributed by atoms with E-state index < -0.39 is 20.3 Å². The Morgan fingerprint density at radius 2 is 2.04 bits per heavy atom. The van der Waals surface area contributed by atoms with Gasteiger partial charge in [-0.2, -0.15) is 5.26 Å². The van der Waals surface area contributed by atoms with E-state index in [-0.39, 0.29) is 5.04 Å². The summed E-state index contributed by atoms with van der Waals surface area (Å²) in [6.07, 6.45) is 1.90. The first kappa shape index (κ1) is 21.5. The second kappa shape index (κ2) is 8.22. The number of carboxylic acid groups (broad SMARTS) is 1. The van der Waals surface area contributed by atoms with E-state index in [1.54, 1.807) is 19.1 Å². The van der Waals surface area contributed by atoms with Crippen molar-refractivity contribution in [1.82, 2.24) is 0 Å². The second-order valence-electron chi connectivity index (χ2n) is 7.58. The highest BCUT2D eigenvalue weighted by Crippen LogP contribution is 2.40. The van der Waals surface area contributed by atoms with Crippen LogP contribution in [0.2, 0.25) is 23.2 Å². The third-order valence-corrected chi connectivity index (χ3v) is 9.13. The summed E-state index contributed by atoms with van der Waals surface area (Å²) >= 11 is 6.14. The highest BCUT2D eigenvalue weighted by molar-refractivity contribution is 6.72. The Kier molecular flexibility index (Phi) is 7.06. The molecule has 0 aromatic heterocycles. The first-order valence-corrected chi connectivity index (χ1v) is 11.6. The van der Waals surface area contributed by atoms with Gasteiger partial charge in [0.2, 0.25) is 0 Å². The number of anilines is 1. The Morgan fingerprint density at radius 3 is 2.52 bits per heavy atom. The lowest BCUT2D eigenvalue weighted by atomic mass is 10.0. The first-order valence-electron chi connectivity index (χ1n) is 8.31. The topological polar surface area (TPSA) is 93.3 Å². The van der Waals surface area contributed by atoms with Crippen LogP contribution in [0.4, 0.5) is 5.69 Å². The van der Waals surface area contributed by atoms with Crippen LogP contribution in [0.1, 0.15) is 44.2 Å². The Balaban J connectivity index is 2.82. The molecule has 5 nitrogen and oxygen atoms in total. The van der Waals surface area contributed by atoms with Crippen LogP contribution < -0.4 is 5.32 Å². The van der Waals surface area contributed by atoms with Crippen molar-refractivity contribution >= 4 is 31.6 Å². The smallest absolute Gasteiger partial charge is 0.326 e. The summed E-state index contributed by atoms with van der Waals surface area (Å²) in [5.74, 6) is -0.932. The maximum atomic E-state index is 11.6. The Labute approximate surface area is 155 Å². The Bertz CT molecular complexity index is 678. The number of carboxylic acids is 1. The lowest BCUT2D eigenvalue weighted by Crippen LogP contribution is -2.39. The minimum Gasteiger partial charge on any atom is -0.480 e. The molecule has 1 aromatic carbocycles. The number of halogens is 1. The molecule has 0 fully saturated rings. The van der Waals surface area contributed by atoms with E-state index in [0.29, 0.717) is 34.7 Å². The van der Waals surface area contributed by atoms with Crippen LogP contribution in [0.25, 0.3) is 0 Å². The second-order valence-corrected chi connectivity index (χ2v) is 12.4. The summed E-state index contributed by atoms with van der Waals surface area (Å²) in [4.78, 5) is 21.9. The van der Waals surface area contributed by atoms with Crippen molar-refractivity contribution in [2.24, 2.45) is 0 Å². The highest BCUT2D eigenvalue weighted by Gasteiger charge is 2.37. The lowest BCUT2D eigenvalue weighted by Gasteiger charge is -2.35. The monoisotopic (exact) mass is 382 g/mol. The van der Waals surface area contributed by atoms with Gasteiger partial charge in [0.15, 0.2) is 8.32 Å². The first-order chi connectivity index (χ1) is 11.4. The molecule has 7 heteroatoms. The number of benzene rings is 1. The summed E-state index contributed by atoms with van der Waals surface area (Å²) in [6, 6.07) is 4.53.